The number of hydrogen-bond acceptors (Lipinski definition) is 7. The summed E-state index contributed by atoms with van der Waals surface area (Å²) in [4.78, 5) is 63.8. The highest BCUT2D eigenvalue weighted by Gasteiger charge is 2.31. The molecule has 3 atom stereocenters. The summed E-state index contributed by atoms with van der Waals surface area (Å²) < 4.78 is 5.40. The molecule has 258 valence electrons. The largest absolute Gasteiger partial charge is 0.508 e. The fourth-order valence-corrected chi connectivity index (χ4v) is 4.81. The molecule has 0 bridgehead atoms. The van der Waals surface area contributed by atoms with E-state index in [1.165, 1.54) is 0 Å². The number of carbonyl (C=O) groups is 5. The van der Waals surface area contributed by atoms with Crippen molar-refractivity contribution in [2.75, 3.05) is 6.54 Å². The zero-order chi connectivity index (χ0) is 35.5. The highest BCUT2D eigenvalue weighted by Crippen LogP contribution is 2.22. The van der Waals surface area contributed by atoms with Gasteiger partial charge in [-0.3, -0.25) is 9.59 Å². The highest BCUT2D eigenvalue weighted by molar-refractivity contribution is 5.89. The van der Waals surface area contributed by atoms with Gasteiger partial charge in [-0.1, -0.05) is 37.3 Å². The Morgan fingerprint density at radius 3 is 1.89 bits per heavy atom. The van der Waals surface area contributed by atoms with Crippen molar-refractivity contribution in [3.63, 3.8) is 0 Å². The Labute approximate surface area is 276 Å². The van der Waals surface area contributed by atoms with Crippen molar-refractivity contribution in [3.05, 3.63) is 64.7 Å². The van der Waals surface area contributed by atoms with E-state index in [1.807, 2.05) is 6.07 Å². The topological polar surface area (TPSA) is 195 Å². The van der Waals surface area contributed by atoms with Crippen molar-refractivity contribution in [1.29, 1.82) is 0 Å². The summed E-state index contributed by atoms with van der Waals surface area (Å²) in [6.07, 6.45) is -0.385. The lowest BCUT2D eigenvalue weighted by Crippen LogP contribution is -2.59. The molecule has 1 unspecified atom stereocenters. The summed E-state index contributed by atoms with van der Waals surface area (Å²) in [6.45, 7) is 13.7. The number of rotatable bonds is 14. The predicted molar refractivity (Wildman–Crippen MR) is 177 cm³/mol. The zero-order valence-electron chi connectivity index (χ0n) is 28.4. The van der Waals surface area contributed by atoms with Gasteiger partial charge in [-0.15, -0.1) is 0 Å². The number of ether oxygens (including phenoxy) is 1. The number of phenols is 1. The number of alkyl carbamates (subject to hydrolysis) is 1. The van der Waals surface area contributed by atoms with Crippen LogP contribution in [0.4, 0.5) is 9.59 Å². The molecule has 2 aromatic rings. The lowest BCUT2D eigenvalue weighted by molar-refractivity contribution is -0.139. The molecular formula is C34H49N5O8. The van der Waals surface area contributed by atoms with Crippen LogP contribution in [0.2, 0.25) is 0 Å². The molecule has 0 aliphatic carbocycles. The van der Waals surface area contributed by atoms with Crippen molar-refractivity contribution >= 4 is 29.9 Å². The normalized spacial score (nSPS) is 13.4. The second-order valence-corrected chi connectivity index (χ2v) is 13.2. The quantitative estimate of drug-likeness (QED) is 0.161. The van der Waals surface area contributed by atoms with Gasteiger partial charge in [0.1, 0.15) is 29.5 Å². The summed E-state index contributed by atoms with van der Waals surface area (Å²) in [7, 11) is 0. The average molecular weight is 656 g/mol. The number of carboxylic acid groups (broad SMARTS) is 1. The van der Waals surface area contributed by atoms with Crippen molar-refractivity contribution in [3.8, 4) is 5.75 Å². The van der Waals surface area contributed by atoms with E-state index < -0.39 is 59.2 Å². The van der Waals surface area contributed by atoms with E-state index in [0.717, 1.165) is 22.3 Å². The maximum atomic E-state index is 13.6. The minimum atomic E-state index is -1.20. The van der Waals surface area contributed by atoms with Gasteiger partial charge in [-0.25, -0.2) is 14.4 Å². The zero-order valence-corrected chi connectivity index (χ0v) is 28.4. The van der Waals surface area contributed by atoms with Crippen LogP contribution in [-0.2, 0) is 32.0 Å². The molecular weight excluding hydrogens is 606 g/mol. The molecule has 13 heteroatoms. The van der Waals surface area contributed by atoms with Crippen molar-refractivity contribution in [1.82, 2.24) is 26.6 Å². The first-order chi connectivity index (χ1) is 21.8. The van der Waals surface area contributed by atoms with Gasteiger partial charge in [0, 0.05) is 19.4 Å². The van der Waals surface area contributed by atoms with E-state index in [-0.39, 0.29) is 31.6 Å². The van der Waals surface area contributed by atoms with Gasteiger partial charge in [-0.05, 0) is 89.3 Å². The number of nitrogens with one attached hydrogen (secondary N) is 5. The molecule has 2 rings (SSSR count). The van der Waals surface area contributed by atoms with Crippen LogP contribution in [0, 0.1) is 13.8 Å². The Morgan fingerprint density at radius 2 is 1.36 bits per heavy atom. The highest BCUT2D eigenvalue weighted by atomic mass is 16.6. The second-order valence-electron chi connectivity index (χ2n) is 13.2. The smallest absolute Gasteiger partial charge is 0.408 e. The molecule has 0 aliphatic heterocycles. The summed E-state index contributed by atoms with van der Waals surface area (Å²) in [5.74, 6) is -2.18. The molecule has 0 heterocycles. The van der Waals surface area contributed by atoms with Gasteiger partial charge in [0.25, 0.3) is 0 Å². The number of aromatic hydroxyl groups is 1. The van der Waals surface area contributed by atoms with Crippen molar-refractivity contribution < 1.29 is 38.9 Å². The third-order valence-corrected chi connectivity index (χ3v) is 7.18. The van der Waals surface area contributed by atoms with E-state index in [1.54, 1.807) is 91.8 Å². The maximum Gasteiger partial charge on any atom is 0.408 e. The molecule has 0 radical (unpaired) electrons. The average Bonchev–Trinajstić information content (AvgIpc) is 2.94. The fraction of sp³-hybridized carbons (Fsp3) is 0.500. The van der Waals surface area contributed by atoms with Crippen LogP contribution < -0.4 is 26.6 Å². The van der Waals surface area contributed by atoms with E-state index >= 15 is 0 Å². The Bertz CT molecular complexity index is 1400. The Hall–Kier alpha value is -4.81. The molecule has 0 spiro atoms. The molecule has 0 saturated heterocycles. The lowest BCUT2D eigenvalue weighted by atomic mass is 9.95. The predicted octanol–water partition coefficient (Wildman–Crippen LogP) is 3.23. The van der Waals surface area contributed by atoms with Gasteiger partial charge in [-0.2, -0.15) is 0 Å². The van der Waals surface area contributed by atoms with Crippen molar-refractivity contribution in [2.24, 2.45) is 0 Å². The van der Waals surface area contributed by atoms with Gasteiger partial charge < -0.3 is 41.5 Å². The minimum Gasteiger partial charge on any atom is -0.508 e. The Kier molecular flexibility index (Phi) is 13.6. The van der Waals surface area contributed by atoms with Crippen LogP contribution in [0.15, 0.2) is 42.5 Å². The SMILES string of the molecule is CCC(NC(=O)N[C@@H](Cc1ccccc1)C(=O)NCC(C)(C)NC(=O)[C@H](Cc1c(C)cc(O)cc1C)NC(=O)OC(C)(C)C)C(=O)O. The number of hydrogen-bond donors (Lipinski definition) is 7. The van der Waals surface area contributed by atoms with E-state index in [0.29, 0.717) is 0 Å². The Balaban J connectivity index is 2.20. The third kappa shape index (κ3) is 13.2. The number of carbonyl (C=O) groups excluding carboxylic acids is 4. The number of amides is 5. The minimum absolute atomic E-state index is 0.0463. The van der Waals surface area contributed by atoms with E-state index in [9.17, 15) is 34.2 Å². The first kappa shape index (κ1) is 38.4. The van der Waals surface area contributed by atoms with Crippen LogP contribution in [0.3, 0.4) is 0 Å². The monoisotopic (exact) mass is 655 g/mol. The molecule has 0 saturated carbocycles. The first-order valence-electron chi connectivity index (χ1n) is 15.5. The third-order valence-electron chi connectivity index (χ3n) is 7.18. The standard InChI is InChI=1S/C34H49N5O8/c1-9-25(30(43)44)36-31(45)37-26(17-22-13-11-10-12-14-22)28(41)35-19-34(7,8)39-29(42)27(38-32(46)47-33(4,5)6)18-24-20(2)15-23(40)16-21(24)3/h10-16,25-27,40H,9,17-19H2,1-8H3,(H,35,41)(H,38,46)(H,39,42)(H,43,44)(H2,36,37,45)/t25?,26-,27-/m0/s1. The molecule has 2 aromatic carbocycles. The summed E-state index contributed by atoms with van der Waals surface area (Å²) in [5, 5.41) is 32.5. The number of aliphatic carboxylic acids is 1. The van der Waals surface area contributed by atoms with Crippen LogP contribution in [0.5, 0.6) is 5.75 Å². The van der Waals surface area contributed by atoms with Crippen molar-refractivity contribution in [2.45, 2.75) is 104 Å². The summed E-state index contributed by atoms with van der Waals surface area (Å²) in [6, 6.07) is 8.11. The van der Waals surface area contributed by atoms with Crippen LogP contribution in [0.25, 0.3) is 0 Å². The number of carboxylic acids is 1. The number of urea groups is 1. The maximum absolute atomic E-state index is 13.6. The molecule has 47 heavy (non-hydrogen) atoms. The summed E-state index contributed by atoms with van der Waals surface area (Å²) in [5.41, 5.74) is 1.20. The van der Waals surface area contributed by atoms with Crippen LogP contribution in [-0.4, -0.2) is 75.9 Å². The molecule has 13 nitrogen and oxygen atoms in total. The van der Waals surface area contributed by atoms with E-state index in [4.69, 9.17) is 4.74 Å². The Morgan fingerprint density at radius 1 is 0.809 bits per heavy atom. The van der Waals surface area contributed by atoms with Gasteiger partial charge in [0.2, 0.25) is 11.8 Å². The van der Waals surface area contributed by atoms with Gasteiger partial charge in [0.15, 0.2) is 0 Å². The molecule has 7 N–H and O–H groups in total. The fourth-order valence-electron chi connectivity index (χ4n) is 4.81. The molecule has 0 aliphatic rings. The lowest BCUT2D eigenvalue weighted by Gasteiger charge is -2.31. The van der Waals surface area contributed by atoms with Crippen LogP contribution in [0.1, 0.15) is 70.2 Å². The van der Waals surface area contributed by atoms with Crippen LogP contribution >= 0.6 is 0 Å². The molecule has 5 amide bonds. The first-order valence-corrected chi connectivity index (χ1v) is 15.5. The van der Waals surface area contributed by atoms with E-state index in [2.05, 4.69) is 26.6 Å². The number of benzene rings is 2. The number of phenolic OH excluding ortho intramolecular Hbond substituents is 1. The summed E-state index contributed by atoms with van der Waals surface area (Å²) >= 11 is 0. The molecule has 0 aromatic heterocycles. The number of aryl methyl sites for hydroxylation is 2. The van der Waals surface area contributed by atoms with Gasteiger partial charge >= 0.3 is 18.1 Å². The second kappa shape index (κ2) is 16.7. The molecule has 0 fully saturated rings. The van der Waals surface area contributed by atoms with Gasteiger partial charge in [0.05, 0.1) is 5.54 Å².